The first-order valence-corrected chi connectivity index (χ1v) is 8.60. The Bertz CT molecular complexity index is 1060. The van der Waals surface area contributed by atoms with Crippen LogP contribution in [-0.4, -0.2) is 15.7 Å². The number of amides is 1. The number of para-hydroxylation sites is 1. The summed E-state index contributed by atoms with van der Waals surface area (Å²) in [5.74, 6) is -1.09. The minimum absolute atomic E-state index is 0.177. The second-order valence-corrected chi connectivity index (χ2v) is 6.41. The van der Waals surface area contributed by atoms with Gasteiger partial charge in [-0.15, -0.1) is 0 Å². The average molecular weight is 365 g/mol. The van der Waals surface area contributed by atoms with Crippen molar-refractivity contribution < 1.29 is 9.18 Å². The van der Waals surface area contributed by atoms with Gasteiger partial charge in [-0.2, -0.15) is 5.10 Å². The molecule has 2 aromatic carbocycles. The summed E-state index contributed by atoms with van der Waals surface area (Å²) in [5, 5.41) is 6.92. The maximum absolute atomic E-state index is 14.1. The predicted molar refractivity (Wildman–Crippen MR) is 102 cm³/mol. The van der Waals surface area contributed by atoms with E-state index >= 15 is 0 Å². The number of carbonyl (C=O) groups excluding carboxylic acids is 1. The molecule has 0 aliphatic carbocycles. The fraction of sp³-hybridized carbons (Fsp3) is 0.190. The van der Waals surface area contributed by atoms with Gasteiger partial charge >= 0.3 is 0 Å². The van der Waals surface area contributed by atoms with E-state index in [2.05, 4.69) is 10.4 Å². The van der Waals surface area contributed by atoms with Crippen molar-refractivity contribution >= 4 is 5.91 Å². The van der Waals surface area contributed by atoms with E-state index in [4.69, 9.17) is 0 Å². The van der Waals surface area contributed by atoms with Crippen molar-refractivity contribution in [3.63, 3.8) is 0 Å². The van der Waals surface area contributed by atoms with Crippen LogP contribution >= 0.6 is 0 Å². The lowest BCUT2D eigenvalue weighted by atomic mass is 10.0. The molecule has 0 saturated heterocycles. The number of benzene rings is 2. The number of aromatic nitrogens is 2. The summed E-state index contributed by atoms with van der Waals surface area (Å²) in [6.45, 7) is 5.43. The van der Waals surface area contributed by atoms with Crippen LogP contribution in [-0.2, 0) is 0 Å². The Balaban J connectivity index is 1.96. The Morgan fingerprint density at radius 2 is 1.78 bits per heavy atom. The van der Waals surface area contributed by atoms with Gasteiger partial charge in [0, 0.05) is 11.8 Å². The van der Waals surface area contributed by atoms with E-state index in [1.54, 1.807) is 19.1 Å². The lowest BCUT2D eigenvalue weighted by Crippen LogP contribution is -2.33. The second-order valence-electron chi connectivity index (χ2n) is 6.41. The fourth-order valence-electron chi connectivity index (χ4n) is 2.99. The van der Waals surface area contributed by atoms with Gasteiger partial charge in [0.25, 0.3) is 5.91 Å². The Morgan fingerprint density at radius 3 is 2.48 bits per heavy atom. The summed E-state index contributed by atoms with van der Waals surface area (Å²) < 4.78 is 15.4. The van der Waals surface area contributed by atoms with Crippen molar-refractivity contribution in [2.45, 2.75) is 26.8 Å². The summed E-state index contributed by atoms with van der Waals surface area (Å²) >= 11 is 0. The first-order chi connectivity index (χ1) is 12.9. The van der Waals surface area contributed by atoms with Crippen LogP contribution in [0.15, 0.2) is 59.4 Å². The van der Waals surface area contributed by atoms with Gasteiger partial charge in [0.1, 0.15) is 11.5 Å². The molecule has 0 fully saturated rings. The molecule has 1 atom stereocenters. The first kappa shape index (κ1) is 18.5. The van der Waals surface area contributed by atoms with E-state index in [1.165, 1.54) is 22.9 Å². The summed E-state index contributed by atoms with van der Waals surface area (Å²) in [6, 6.07) is 14.7. The van der Waals surface area contributed by atoms with Crippen LogP contribution in [0.5, 0.6) is 0 Å². The third-order valence-electron chi connectivity index (χ3n) is 4.41. The lowest BCUT2D eigenvalue weighted by molar-refractivity contribution is 0.0931. The average Bonchev–Trinajstić information content (AvgIpc) is 2.63. The Labute approximate surface area is 156 Å². The number of aryl methyl sites for hydroxylation is 2. The zero-order chi connectivity index (χ0) is 19.6. The van der Waals surface area contributed by atoms with Crippen molar-refractivity contribution in [2.75, 3.05) is 0 Å². The van der Waals surface area contributed by atoms with Crippen molar-refractivity contribution in [3.8, 4) is 5.69 Å². The van der Waals surface area contributed by atoms with Gasteiger partial charge in [-0.25, -0.2) is 9.07 Å². The molecule has 0 spiro atoms. The van der Waals surface area contributed by atoms with Gasteiger partial charge in [0.05, 0.1) is 6.04 Å². The monoisotopic (exact) mass is 365 g/mol. The number of rotatable bonds is 4. The van der Waals surface area contributed by atoms with Gasteiger partial charge in [0.15, 0.2) is 5.69 Å². The molecule has 0 aliphatic rings. The van der Waals surface area contributed by atoms with Crippen LogP contribution in [0.25, 0.3) is 5.69 Å². The third kappa shape index (κ3) is 3.79. The van der Waals surface area contributed by atoms with Crippen LogP contribution in [0, 0.1) is 19.7 Å². The maximum atomic E-state index is 14.1. The van der Waals surface area contributed by atoms with E-state index in [0.717, 1.165) is 11.1 Å². The standard InChI is InChI=1S/C21H20FN3O2/c1-13-8-4-5-9-16(13)15(3)23-21(27)20-19(26)12-14(2)25(24-20)18-11-7-6-10-17(18)22/h4-12,15H,1-3H3,(H,23,27). The van der Waals surface area contributed by atoms with Crippen molar-refractivity contribution in [1.82, 2.24) is 15.1 Å². The molecule has 1 amide bonds. The summed E-state index contributed by atoms with van der Waals surface area (Å²) in [7, 11) is 0. The minimum atomic E-state index is -0.596. The van der Waals surface area contributed by atoms with Gasteiger partial charge in [-0.05, 0) is 44.0 Å². The first-order valence-electron chi connectivity index (χ1n) is 8.60. The van der Waals surface area contributed by atoms with Crippen LogP contribution in [0.4, 0.5) is 4.39 Å². The highest BCUT2D eigenvalue weighted by atomic mass is 19.1. The van der Waals surface area contributed by atoms with Crippen LogP contribution < -0.4 is 10.7 Å². The SMILES string of the molecule is Cc1ccccc1C(C)NC(=O)c1nn(-c2ccccc2F)c(C)cc1=O. The molecule has 1 N–H and O–H groups in total. The van der Waals surface area contributed by atoms with Gasteiger partial charge in [0.2, 0.25) is 5.43 Å². The largest absolute Gasteiger partial charge is 0.344 e. The molecular weight excluding hydrogens is 345 g/mol. The number of carbonyl (C=O) groups is 1. The molecule has 5 nitrogen and oxygen atoms in total. The molecule has 3 aromatic rings. The zero-order valence-electron chi connectivity index (χ0n) is 15.4. The van der Waals surface area contributed by atoms with E-state index in [-0.39, 0.29) is 17.4 Å². The van der Waals surface area contributed by atoms with Crippen LogP contribution in [0.1, 0.15) is 40.3 Å². The topological polar surface area (TPSA) is 64.0 Å². The Morgan fingerprint density at radius 1 is 1.11 bits per heavy atom. The molecule has 6 heteroatoms. The molecular formula is C21H20FN3O2. The zero-order valence-corrected chi connectivity index (χ0v) is 15.4. The molecule has 138 valence electrons. The van der Waals surface area contributed by atoms with E-state index < -0.39 is 17.2 Å². The highest BCUT2D eigenvalue weighted by Gasteiger charge is 2.19. The van der Waals surface area contributed by atoms with Crippen LogP contribution in [0.2, 0.25) is 0 Å². The summed E-state index contributed by atoms with van der Waals surface area (Å²) in [6.07, 6.45) is 0. The molecule has 0 saturated carbocycles. The molecule has 0 radical (unpaired) electrons. The van der Waals surface area contributed by atoms with E-state index in [9.17, 15) is 14.0 Å². The quantitative estimate of drug-likeness (QED) is 0.770. The molecule has 1 heterocycles. The van der Waals surface area contributed by atoms with Gasteiger partial charge in [-0.3, -0.25) is 9.59 Å². The van der Waals surface area contributed by atoms with Crippen molar-refractivity contribution in [1.29, 1.82) is 0 Å². The number of halogens is 1. The van der Waals surface area contributed by atoms with Crippen molar-refractivity contribution in [2.24, 2.45) is 0 Å². The minimum Gasteiger partial charge on any atom is -0.344 e. The summed E-state index contributed by atoms with van der Waals surface area (Å²) in [5.41, 5.74) is 1.82. The third-order valence-corrected chi connectivity index (χ3v) is 4.41. The van der Waals surface area contributed by atoms with Crippen molar-refractivity contribution in [3.05, 3.63) is 93.2 Å². The maximum Gasteiger partial charge on any atom is 0.276 e. The number of nitrogens with zero attached hydrogens (tertiary/aromatic N) is 2. The highest BCUT2D eigenvalue weighted by molar-refractivity contribution is 5.92. The highest BCUT2D eigenvalue weighted by Crippen LogP contribution is 2.17. The molecule has 27 heavy (non-hydrogen) atoms. The molecule has 0 aliphatic heterocycles. The predicted octanol–water partition coefficient (Wildman–Crippen LogP) is 3.48. The summed E-state index contributed by atoms with van der Waals surface area (Å²) in [4.78, 5) is 25.0. The lowest BCUT2D eigenvalue weighted by Gasteiger charge is -2.17. The molecule has 1 aromatic heterocycles. The number of nitrogens with one attached hydrogen (secondary N) is 1. The van der Waals surface area contributed by atoms with Crippen LogP contribution in [0.3, 0.4) is 0 Å². The molecule has 3 rings (SSSR count). The fourth-order valence-corrected chi connectivity index (χ4v) is 2.99. The second kappa shape index (κ2) is 7.53. The Hall–Kier alpha value is -3.28. The Kier molecular flexibility index (Phi) is 5.16. The normalized spacial score (nSPS) is 11.9. The smallest absolute Gasteiger partial charge is 0.276 e. The van der Waals surface area contributed by atoms with Gasteiger partial charge < -0.3 is 5.32 Å². The molecule has 0 bridgehead atoms. The number of hydrogen-bond donors (Lipinski definition) is 1. The van der Waals surface area contributed by atoms with E-state index in [1.807, 2.05) is 38.1 Å². The van der Waals surface area contributed by atoms with Gasteiger partial charge in [-0.1, -0.05) is 36.4 Å². The number of hydrogen-bond acceptors (Lipinski definition) is 3. The van der Waals surface area contributed by atoms with E-state index in [0.29, 0.717) is 5.69 Å². The molecule has 1 unspecified atom stereocenters.